The van der Waals surface area contributed by atoms with Gasteiger partial charge in [-0.2, -0.15) is 8.78 Å². The van der Waals surface area contributed by atoms with Crippen LogP contribution in [0.5, 0.6) is 11.6 Å². The van der Waals surface area contributed by atoms with Crippen molar-refractivity contribution in [2.24, 2.45) is 5.92 Å². The summed E-state index contributed by atoms with van der Waals surface area (Å²) in [6, 6.07) is 11.6. The summed E-state index contributed by atoms with van der Waals surface area (Å²) in [7, 11) is 0. The Kier molecular flexibility index (Phi) is 6.21. The van der Waals surface area contributed by atoms with Crippen molar-refractivity contribution in [2.75, 3.05) is 5.32 Å². The first-order valence-corrected chi connectivity index (χ1v) is 8.95. The van der Waals surface area contributed by atoms with Crippen molar-refractivity contribution >= 4 is 11.6 Å². The van der Waals surface area contributed by atoms with E-state index in [-0.39, 0.29) is 23.7 Å². The number of aromatic nitrogens is 1. The maximum atomic E-state index is 12.4. The second kappa shape index (κ2) is 8.79. The number of amides is 1. The van der Waals surface area contributed by atoms with Gasteiger partial charge in [-0.1, -0.05) is 6.07 Å². The van der Waals surface area contributed by atoms with Crippen molar-refractivity contribution in [1.29, 1.82) is 0 Å². The van der Waals surface area contributed by atoms with Gasteiger partial charge in [0.1, 0.15) is 11.9 Å². The molecule has 144 valence electrons. The number of pyridine rings is 1. The topological polar surface area (TPSA) is 60.5 Å². The summed E-state index contributed by atoms with van der Waals surface area (Å²) < 4.78 is 34.5. The Hall–Kier alpha value is -2.70. The highest BCUT2D eigenvalue weighted by Gasteiger charge is 2.27. The molecule has 1 N–H and O–H groups in total. The maximum absolute atomic E-state index is 12.4. The average Bonchev–Trinajstić information content (AvgIpc) is 2.63. The molecule has 27 heavy (non-hydrogen) atoms. The van der Waals surface area contributed by atoms with Gasteiger partial charge in [0.2, 0.25) is 11.8 Å². The van der Waals surface area contributed by atoms with Crippen molar-refractivity contribution in [1.82, 2.24) is 4.98 Å². The zero-order chi connectivity index (χ0) is 19.2. The van der Waals surface area contributed by atoms with Crippen LogP contribution in [0.2, 0.25) is 0 Å². The van der Waals surface area contributed by atoms with Crippen LogP contribution in [0, 0.1) is 12.8 Å². The molecule has 0 spiro atoms. The van der Waals surface area contributed by atoms with Gasteiger partial charge >= 0.3 is 6.61 Å². The van der Waals surface area contributed by atoms with Crippen LogP contribution in [-0.2, 0) is 4.79 Å². The van der Waals surface area contributed by atoms with Crippen LogP contribution in [0.15, 0.2) is 42.5 Å². The van der Waals surface area contributed by atoms with E-state index in [2.05, 4.69) is 15.0 Å². The molecule has 0 aliphatic heterocycles. The number of halogens is 2. The Labute approximate surface area is 156 Å². The molecule has 1 saturated carbocycles. The summed E-state index contributed by atoms with van der Waals surface area (Å²) in [5, 5.41) is 2.83. The summed E-state index contributed by atoms with van der Waals surface area (Å²) in [5.74, 6) is 0.524. The Balaban J connectivity index is 1.47. The van der Waals surface area contributed by atoms with Crippen LogP contribution in [0.4, 0.5) is 14.5 Å². The number of rotatable bonds is 6. The molecule has 0 radical (unpaired) electrons. The van der Waals surface area contributed by atoms with Crippen molar-refractivity contribution in [3.63, 3.8) is 0 Å². The lowest BCUT2D eigenvalue weighted by molar-refractivity contribution is -0.121. The number of hydrogen-bond acceptors (Lipinski definition) is 4. The van der Waals surface area contributed by atoms with Crippen LogP contribution < -0.4 is 14.8 Å². The number of alkyl halides is 2. The zero-order valence-electron chi connectivity index (χ0n) is 15.0. The smallest absolute Gasteiger partial charge is 0.387 e. The molecular weight excluding hydrogens is 354 g/mol. The van der Waals surface area contributed by atoms with Gasteiger partial charge in [0, 0.05) is 23.4 Å². The monoisotopic (exact) mass is 376 g/mol. The van der Waals surface area contributed by atoms with Gasteiger partial charge in [0.25, 0.3) is 0 Å². The molecule has 1 aliphatic rings. The fourth-order valence-electron chi connectivity index (χ4n) is 3.16. The number of nitrogens with one attached hydrogen (secondary N) is 1. The van der Waals surface area contributed by atoms with Crippen LogP contribution in [0.3, 0.4) is 0 Å². The van der Waals surface area contributed by atoms with E-state index in [0.29, 0.717) is 11.6 Å². The number of benzene rings is 1. The minimum atomic E-state index is -2.86. The molecule has 1 aromatic carbocycles. The van der Waals surface area contributed by atoms with E-state index in [0.717, 1.165) is 31.4 Å². The summed E-state index contributed by atoms with van der Waals surface area (Å²) in [4.78, 5) is 16.8. The number of nitrogens with zero attached hydrogens (tertiary/aromatic N) is 1. The highest BCUT2D eigenvalue weighted by Crippen LogP contribution is 2.28. The third kappa shape index (κ3) is 5.64. The van der Waals surface area contributed by atoms with E-state index in [4.69, 9.17) is 4.74 Å². The van der Waals surface area contributed by atoms with Crippen molar-refractivity contribution in [3.8, 4) is 11.6 Å². The first-order valence-electron chi connectivity index (χ1n) is 8.95. The number of aryl methyl sites for hydroxylation is 1. The van der Waals surface area contributed by atoms with Gasteiger partial charge in [-0.3, -0.25) is 4.79 Å². The Morgan fingerprint density at radius 1 is 1.11 bits per heavy atom. The largest absolute Gasteiger partial charge is 0.474 e. The molecule has 5 nitrogen and oxygen atoms in total. The lowest BCUT2D eigenvalue weighted by atomic mass is 9.86. The molecule has 1 amide bonds. The molecule has 7 heteroatoms. The average molecular weight is 376 g/mol. The van der Waals surface area contributed by atoms with Crippen LogP contribution in [-0.4, -0.2) is 23.6 Å². The van der Waals surface area contributed by atoms with E-state index < -0.39 is 6.61 Å². The molecule has 1 aromatic heterocycles. The second-order valence-corrected chi connectivity index (χ2v) is 6.60. The first-order chi connectivity index (χ1) is 13.0. The fourth-order valence-corrected chi connectivity index (χ4v) is 3.16. The lowest BCUT2D eigenvalue weighted by Crippen LogP contribution is -2.31. The molecule has 0 bridgehead atoms. The number of carbonyl (C=O) groups excluding carboxylic acids is 1. The molecule has 3 rings (SSSR count). The minimum Gasteiger partial charge on any atom is -0.474 e. The third-order valence-corrected chi connectivity index (χ3v) is 4.54. The van der Waals surface area contributed by atoms with E-state index in [9.17, 15) is 13.6 Å². The summed E-state index contributed by atoms with van der Waals surface area (Å²) in [5.41, 5.74) is 1.47. The third-order valence-electron chi connectivity index (χ3n) is 4.54. The van der Waals surface area contributed by atoms with Crippen LogP contribution >= 0.6 is 0 Å². The number of anilines is 1. The summed E-state index contributed by atoms with van der Waals surface area (Å²) in [6.45, 7) is -0.946. The van der Waals surface area contributed by atoms with Gasteiger partial charge in [-0.15, -0.1) is 0 Å². The SMILES string of the molecule is Cc1cccc(O[C@H]2CC[C@@H](C(=O)Nc3ccc(OC(F)F)cc3)CC2)n1. The lowest BCUT2D eigenvalue weighted by Gasteiger charge is -2.28. The van der Waals surface area contributed by atoms with Gasteiger partial charge < -0.3 is 14.8 Å². The Morgan fingerprint density at radius 2 is 1.81 bits per heavy atom. The van der Waals surface area contributed by atoms with Crippen molar-refractivity contribution < 1.29 is 23.0 Å². The molecule has 1 aliphatic carbocycles. The van der Waals surface area contributed by atoms with Gasteiger partial charge in [-0.25, -0.2) is 4.98 Å². The quantitative estimate of drug-likeness (QED) is 0.802. The fraction of sp³-hybridized carbons (Fsp3) is 0.400. The Bertz CT molecular complexity index is 760. The van der Waals surface area contributed by atoms with E-state index in [1.54, 1.807) is 12.1 Å². The van der Waals surface area contributed by atoms with Crippen LogP contribution in [0.1, 0.15) is 31.4 Å². The van der Waals surface area contributed by atoms with Crippen molar-refractivity contribution in [2.45, 2.75) is 45.3 Å². The normalized spacial score (nSPS) is 19.6. The standard InChI is InChI=1S/C20H22F2N2O3/c1-13-3-2-4-18(23-13)26-16-9-5-14(6-10-16)19(25)24-15-7-11-17(12-8-15)27-20(21)22/h2-4,7-8,11-12,14,16,20H,5-6,9-10H2,1H3,(H,24,25)/t14-,16+. The second-order valence-electron chi connectivity index (χ2n) is 6.60. The molecular formula is C20H22F2N2O3. The number of hydrogen-bond donors (Lipinski definition) is 1. The zero-order valence-corrected chi connectivity index (χ0v) is 15.0. The molecule has 0 atom stereocenters. The van der Waals surface area contributed by atoms with E-state index in [1.807, 2.05) is 25.1 Å². The summed E-state index contributed by atoms with van der Waals surface area (Å²) >= 11 is 0. The van der Waals surface area contributed by atoms with Gasteiger partial charge in [-0.05, 0) is 62.9 Å². The Morgan fingerprint density at radius 3 is 2.44 bits per heavy atom. The molecule has 1 heterocycles. The van der Waals surface area contributed by atoms with Gasteiger partial charge in [0.05, 0.1) is 0 Å². The van der Waals surface area contributed by atoms with Crippen LogP contribution in [0.25, 0.3) is 0 Å². The van der Waals surface area contributed by atoms with Crippen molar-refractivity contribution in [3.05, 3.63) is 48.2 Å². The highest BCUT2D eigenvalue weighted by molar-refractivity contribution is 5.92. The summed E-state index contributed by atoms with van der Waals surface area (Å²) in [6.07, 6.45) is 3.10. The highest BCUT2D eigenvalue weighted by atomic mass is 19.3. The minimum absolute atomic E-state index is 0.0606. The predicted molar refractivity (Wildman–Crippen MR) is 97.1 cm³/mol. The number of ether oxygens (including phenoxy) is 2. The molecule has 0 saturated heterocycles. The van der Waals surface area contributed by atoms with E-state index in [1.165, 1.54) is 12.1 Å². The molecule has 2 aromatic rings. The van der Waals surface area contributed by atoms with E-state index >= 15 is 0 Å². The predicted octanol–water partition coefficient (Wildman–Crippen LogP) is 4.57. The maximum Gasteiger partial charge on any atom is 0.387 e. The molecule has 1 fully saturated rings. The number of carbonyl (C=O) groups is 1. The molecule has 0 unspecified atom stereocenters. The first kappa shape index (κ1) is 19.1. The van der Waals surface area contributed by atoms with Gasteiger partial charge in [0.15, 0.2) is 0 Å².